The number of thioether (sulfide) groups is 1. The number of imidazole rings is 1. The van der Waals surface area contributed by atoms with Crippen molar-refractivity contribution in [3.8, 4) is 0 Å². The number of carbonyl (C=O) groups excluding carboxylic acids is 2. The van der Waals surface area contributed by atoms with E-state index in [0.717, 1.165) is 28.2 Å². The van der Waals surface area contributed by atoms with E-state index in [2.05, 4.69) is 4.98 Å². The molecule has 0 spiro atoms. The standard InChI is InChI=1S/C21H24N4O2S/c1-28-15-20-23-17-9-5-6-10-18(17)25(20)14-21(27)24(12-11-19(22)26)13-16-7-3-2-4-8-16/h2-10H,11-15H2,1H3,(H2,22,26). The number of fused-ring (bicyclic) bond motifs is 1. The van der Waals surface area contributed by atoms with E-state index >= 15 is 0 Å². The summed E-state index contributed by atoms with van der Waals surface area (Å²) in [4.78, 5) is 30.8. The molecule has 7 heteroatoms. The van der Waals surface area contributed by atoms with Crippen molar-refractivity contribution in [2.45, 2.75) is 25.3 Å². The number of nitrogens with zero attached hydrogens (tertiary/aromatic N) is 3. The first kappa shape index (κ1) is 19.9. The van der Waals surface area contributed by atoms with Gasteiger partial charge in [-0.2, -0.15) is 11.8 Å². The fourth-order valence-corrected chi connectivity index (χ4v) is 3.60. The SMILES string of the molecule is CSCc1nc2ccccc2n1CC(=O)N(CCC(N)=O)Cc1ccccc1. The van der Waals surface area contributed by atoms with E-state index < -0.39 is 5.91 Å². The molecule has 1 heterocycles. The summed E-state index contributed by atoms with van der Waals surface area (Å²) < 4.78 is 1.97. The maximum atomic E-state index is 13.1. The number of rotatable bonds is 9. The lowest BCUT2D eigenvalue weighted by atomic mass is 10.2. The van der Waals surface area contributed by atoms with Crippen LogP contribution in [-0.4, -0.2) is 39.1 Å². The third-order valence-electron chi connectivity index (χ3n) is 4.50. The normalized spacial score (nSPS) is 10.9. The highest BCUT2D eigenvalue weighted by Gasteiger charge is 2.19. The number of benzene rings is 2. The van der Waals surface area contributed by atoms with Crippen LogP contribution in [0.15, 0.2) is 54.6 Å². The van der Waals surface area contributed by atoms with Crippen molar-refractivity contribution in [3.05, 3.63) is 66.0 Å². The Balaban J connectivity index is 1.85. The predicted octanol–water partition coefficient (Wildman–Crippen LogP) is 2.80. The van der Waals surface area contributed by atoms with Gasteiger partial charge in [-0.3, -0.25) is 9.59 Å². The van der Waals surface area contributed by atoms with Gasteiger partial charge in [0.15, 0.2) is 0 Å². The Bertz CT molecular complexity index is 955. The van der Waals surface area contributed by atoms with Crippen molar-refractivity contribution in [1.29, 1.82) is 0 Å². The molecule has 0 aliphatic rings. The van der Waals surface area contributed by atoms with E-state index in [1.54, 1.807) is 16.7 Å². The molecule has 6 nitrogen and oxygen atoms in total. The molecule has 0 saturated carbocycles. The zero-order valence-electron chi connectivity index (χ0n) is 15.9. The largest absolute Gasteiger partial charge is 0.370 e. The van der Waals surface area contributed by atoms with Crippen LogP contribution in [0.4, 0.5) is 0 Å². The second-order valence-corrected chi connectivity index (χ2v) is 7.42. The highest BCUT2D eigenvalue weighted by atomic mass is 32.2. The van der Waals surface area contributed by atoms with Gasteiger partial charge in [-0.05, 0) is 24.0 Å². The molecule has 0 aliphatic heterocycles. The summed E-state index contributed by atoms with van der Waals surface area (Å²) in [5.41, 5.74) is 8.15. The van der Waals surface area contributed by atoms with Gasteiger partial charge >= 0.3 is 0 Å². The Morgan fingerprint density at radius 1 is 1.11 bits per heavy atom. The third-order valence-corrected chi connectivity index (χ3v) is 5.04. The Hall–Kier alpha value is -2.80. The minimum atomic E-state index is -0.415. The first-order valence-electron chi connectivity index (χ1n) is 9.11. The van der Waals surface area contributed by atoms with Crippen LogP contribution in [0.25, 0.3) is 11.0 Å². The van der Waals surface area contributed by atoms with Crippen molar-refractivity contribution < 1.29 is 9.59 Å². The summed E-state index contributed by atoms with van der Waals surface area (Å²) in [6.07, 6.45) is 2.15. The highest BCUT2D eigenvalue weighted by molar-refractivity contribution is 7.97. The van der Waals surface area contributed by atoms with Gasteiger partial charge in [-0.25, -0.2) is 4.98 Å². The van der Waals surface area contributed by atoms with Crippen molar-refractivity contribution in [2.24, 2.45) is 5.73 Å². The van der Waals surface area contributed by atoms with Gasteiger partial charge in [0.05, 0.1) is 16.8 Å². The smallest absolute Gasteiger partial charge is 0.242 e. The fraction of sp³-hybridized carbons (Fsp3) is 0.286. The van der Waals surface area contributed by atoms with Crippen molar-refractivity contribution in [1.82, 2.24) is 14.5 Å². The van der Waals surface area contributed by atoms with Gasteiger partial charge < -0.3 is 15.2 Å². The van der Waals surface area contributed by atoms with Crippen LogP contribution in [0, 0.1) is 0 Å². The molecule has 0 saturated heterocycles. The van der Waals surface area contributed by atoms with Crippen LogP contribution in [0.2, 0.25) is 0 Å². The van der Waals surface area contributed by atoms with Gasteiger partial charge in [0.2, 0.25) is 11.8 Å². The van der Waals surface area contributed by atoms with E-state index in [4.69, 9.17) is 5.73 Å². The average Bonchev–Trinajstić information content (AvgIpc) is 3.03. The number of carbonyl (C=O) groups is 2. The summed E-state index contributed by atoms with van der Waals surface area (Å²) >= 11 is 1.67. The molecule has 2 amide bonds. The molecule has 0 unspecified atom stereocenters. The Morgan fingerprint density at radius 3 is 2.54 bits per heavy atom. The van der Waals surface area contributed by atoms with Gasteiger partial charge in [-0.15, -0.1) is 0 Å². The van der Waals surface area contributed by atoms with Crippen LogP contribution < -0.4 is 5.73 Å². The van der Waals surface area contributed by atoms with E-state index in [9.17, 15) is 9.59 Å². The van der Waals surface area contributed by atoms with E-state index in [-0.39, 0.29) is 18.9 Å². The lowest BCUT2D eigenvalue weighted by Gasteiger charge is -2.23. The predicted molar refractivity (Wildman–Crippen MR) is 113 cm³/mol. The number of hydrogen-bond acceptors (Lipinski definition) is 4. The maximum Gasteiger partial charge on any atom is 0.242 e. The molecule has 3 rings (SSSR count). The van der Waals surface area contributed by atoms with Gasteiger partial charge in [0, 0.05) is 19.5 Å². The third kappa shape index (κ3) is 4.92. The number of primary amides is 1. The molecule has 0 radical (unpaired) electrons. The molecular formula is C21H24N4O2S. The van der Waals surface area contributed by atoms with Crippen LogP contribution in [-0.2, 0) is 28.4 Å². The molecule has 0 atom stereocenters. The van der Waals surface area contributed by atoms with E-state index in [0.29, 0.717) is 13.1 Å². The zero-order chi connectivity index (χ0) is 19.9. The second kappa shape index (κ2) is 9.41. The lowest BCUT2D eigenvalue weighted by molar-refractivity contribution is -0.133. The maximum absolute atomic E-state index is 13.1. The Kier molecular flexibility index (Phi) is 6.71. The monoisotopic (exact) mass is 396 g/mol. The van der Waals surface area contributed by atoms with Crippen molar-refractivity contribution in [2.75, 3.05) is 12.8 Å². The van der Waals surface area contributed by atoms with Crippen molar-refractivity contribution >= 4 is 34.6 Å². The van der Waals surface area contributed by atoms with E-state index in [1.165, 1.54) is 0 Å². The number of hydrogen-bond donors (Lipinski definition) is 1. The second-order valence-electron chi connectivity index (χ2n) is 6.55. The molecule has 146 valence electrons. The van der Waals surface area contributed by atoms with Crippen LogP contribution in [0.1, 0.15) is 17.8 Å². The molecule has 2 N–H and O–H groups in total. The summed E-state index contributed by atoms with van der Waals surface area (Å²) in [6.45, 7) is 0.924. The van der Waals surface area contributed by atoms with Gasteiger partial charge in [0.1, 0.15) is 12.4 Å². The molecule has 2 aromatic carbocycles. The number of nitrogens with two attached hydrogens (primary N) is 1. The van der Waals surface area contributed by atoms with Crippen LogP contribution >= 0.6 is 11.8 Å². The highest BCUT2D eigenvalue weighted by Crippen LogP contribution is 2.19. The molecule has 0 aliphatic carbocycles. The first-order chi connectivity index (χ1) is 13.6. The molecule has 28 heavy (non-hydrogen) atoms. The fourth-order valence-electron chi connectivity index (χ4n) is 3.12. The summed E-state index contributed by atoms with van der Waals surface area (Å²) in [6, 6.07) is 17.6. The van der Waals surface area contributed by atoms with Crippen LogP contribution in [0.3, 0.4) is 0 Å². The summed E-state index contributed by atoms with van der Waals surface area (Å²) in [5.74, 6) is 1.12. The summed E-state index contributed by atoms with van der Waals surface area (Å²) in [5, 5.41) is 0. The van der Waals surface area contributed by atoms with E-state index in [1.807, 2.05) is 65.4 Å². The van der Waals surface area contributed by atoms with Crippen LogP contribution in [0.5, 0.6) is 0 Å². The Morgan fingerprint density at radius 2 is 1.82 bits per heavy atom. The molecule has 3 aromatic rings. The summed E-state index contributed by atoms with van der Waals surface area (Å²) in [7, 11) is 0. The Labute approximate surface area is 168 Å². The lowest BCUT2D eigenvalue weighted by Crippen LogP contribution is -2.36. The number of para-hydroxylation sites is 2. The van der Waals surface area contributed by atoms with Gasteiger partial charge in [-0.1, -0.05) is 42.5 Å². The molecule has 1 aromatic heterocycles. The average molecular weight is 397 g/mol. The minimum Gasteiger partial charge on any atom is -0.370 e. The number of amides is 2. The number of aromatic nitrogens is 2. The molecule has 0 fully saturated rings. The zero-order valence-corrected chi connectivity index (χ0v) is 16.7. The quantitative estimate of drug-likeness (QED) is 0.603. The molecular weight excluding hydrogens is 372 g/mol. The minimum absolute atomic E-state index is 0.0596. The molecule has 0 bridgehead atoms. The van der Waals surface area contributed by atoms with Gasteiger partial charge in [0.25, 0.3) is 0 Å². The topological polar surface area (TPSA) is 81.2 Å². The first-order valence-corrected chi connectivity index (χ1v) is 10.5. The van der Waals surface area contributed by atoms with Crippen molar-refractivity contribution in [3.63, 3.8) is 0 Å².